The lowest BCUT2D eigenvalue weighted by molar-refractivity contribution is -0.159. The molecule has 8 heteroatoms. The summed E-state index contributed by atoms with van der Waals surface area (Å²) in [7, 11) is 1.71. The second-order valence-electron chi connectivity index (χ2n) is 10.9. The van der Waals surface area contributed by atoms with Crippen LogP contribution in [0.4, 0.5) is 4.79 Å². The monoisotopic (exact) mass is 534 g/mol. The van der Waals surface area contributed by atoms with Gasteiger partial charge in [0, 0.05) is 38.5 Å². The predicted molar refractivity (Wildman–Crippen MR) is 145 cm³/mol. The summed E-state index contributed by atoms with van der Waals surface area (Å²) in [5.74, 6) is -1.16. The van der Waals surface area contributed by atoms with Crippen molar-refractivity contribution in [2.45, 2.75) is 56.8 Å². The van der Waals surface area contributed by atoms with Crippen molar-refractivity contribution in [2.75, 3.05) is 33.4 Å². The largest absolute Gasteiger partial charge is 0.461 e. The van der Waals surface area contributed by atoms with Gasteiger partial charge in [0.15, 0.2) is 0 Å². The zero-order chi connectivity index (χ0) is 27.2. The third-order valence-corrected chi connectivity index (χ3v) is 8.43. The Morgan fingerprint density at radius 2 is 1.69 bits per heavy atom. The van der Waals surface area contributed by atoms with E-state index in [0.29, 0.717) is 57.9 Å². The van der Waals surface area contributed by atoms with E-state index in [4.69, 9.17) is 14.2 Å². The lowest BCUT2D eigenvalue weighted by Crippen LogP contribution is -2.49. The molecule has 2 amide bonds. The number of hydrogen-bond donors (Lipinski definition) is 0. The van der Waals surface area contributed by atoms with Crippen LogP contribution in [0.3, 0.4) is 0 Å². The Morgan fingerprint density at radius 3 is 2.41 bits per heavy atom. The minimum Gasteiger partial charge on any atom is -0.461 e. The summed E-state index contributed by atoms with van der Waals surface area (Å²) in [5, 5.41) is 0. The zero-order valence-corrected chi connectivity index (χ0v) is 22.6. The summed E-state index contributed by atoms with van der Waals surface area (Å²) in [6, 6.07) is 19.6. The van der Waals surface area contributed by atoms with Gasteiger partial charge in [-0.15, -0.1) is 0 Å². The fourth-order valence-corrected chi connectivity index (χ4v) is 6.06. The van der Waals surface area contributed by atoms with Crippen LogP contribution in [0.5, 0.6) is 0 Å². The highest BCUT2D eigenvalue weighted by Gasteiger charge is 2.45. The Kier molecular flexibility index (Phi) is 8.81. The van der Waals surface area contributed by atoms with E-state index >= 15 is 0 Å². The van der Waals surface area contributed by atoms with Gasteiger partial charge < -0.3 is 24.0 Å². The number of benzene rings is 2. The topological polar surface area (TPSA) is 85.4 Å². The number of ether oxygens (including phenoxy) is 3. The molecular weight excluding hydrogens is 496 g/mol. The highest BCUT2D eigenvalue weighted by Crippen LogP contribution is 2.37. The molecular formula is C31H38N2O6. The van der Waals surface area contributed by atoms with Crippen LogP contribution in [0.1, 0.15) is 49.1 Å². The van der Waals surface area contributed by atoms with Gasteiger partial charge in [-0.3, -0.25) is 9.59 Å². The van der Waals surface area contributed by atoms with Crippen molar-refractivity contribution in [3.63, 3.8) is 0 Å². The van der Waals surface area contributed by atoms with E-state index in [1.54, 1.807) is 11.9 Å². The molecule has 39 heavy (non-hydrogen) atoms. The first-order chi connectivity index (χ1) is 19.0. The maximum atomic E-state index is 13.8. The number of rotatable bonds is 7. The van der Waals surface area contributed by atoms with Gasteiger partial charge in [-0.05, 0) is 36.8 Å². The summed E-state index contributed by atoms with van der Waals surface area (Å²) in [4.78, 5) is 43.6. The maximum absolute atomic E-state index is 13.8. The van der Waals surface area contributed by atoms with Gasteiger partial charge in [-0.1, -0.05) is 60.7 Å². The van der Waals surface area contributed by atoms with E-state index < -0.39 is 17.9 Å². The molecule has 1 aliphatic carbocycles. The molecule has 1 saturated carbocycles. The van der Waals surface area contributed by atoms with Crippen LogP contribution < -0.4 is 0 Å². The average Bonchev–Trinajstić information content (AvgIpc) is 3.69. The van der Waals surface area contributed by atoms with E-state index in [9.17, 15) is 14.4 Å². The number of likely N-dealkylation sites (tertiary alicyclic amines) is 1. The van der Waals surface area contributed by atoms with E-state index in [-0.39, 0.29) is 30.6 Å². The third kappa shape index (κ3) is 6.61. The number of hydrogen-bond acceptors (Lipinski definition) is 6. The number of esters is 1. The molecule has 0 radical (unpaired) electrons. The second-order valence-corrected chi connectivity index (χ2v) is 10.9. The summed E-state index contributed by atoms with van der Waals surface area (Å²) >= 11 is 0. The minimum absolute atomic E-state index is 0.0156. The first-order valence-electron chi connectivity index (χ1n) is 14.0. The maximum Gasteiger partial charge on any atom is 0.410 e. The highest BCUT2D eigenvalue weighted by atomic mass is 16.6. The predicted octanol–water partition coefficient (Wildman–Crippen LogP) is 4.39. The van der Waals surface area contributed by atoms with Crippen LogP contribution in [-0.4, -0.2) is 73.3 Å². The van der Waals surface area contributed by atoms with Crippen LogP contribution in [0, 0.1) is 11.8 Å². The Bertz CT molecular complexity index is 1120. The van der Waals surface area contributed by atoms with Gasteiger partial charge >= 0.3 is 12.1 Å². The van der Waals surface area contributed by atoms with Crippen LogP contribution in [0.25, 0.3) is 0 Å². The molecule has 0 aromatic heterocycles. The first kappa shape index (κ1) is 27.2. The summed E-state index contributed by atoms with van der Waals surface area (Å²) in [6.07, 6.45) is 2.46. The molecule has 3 aliphatic rings. The standard InChI is InChI=1S/C31H38N2O6/c1-32(31(36)39-26-15-17-37-21-26)25-12-13-27(28(18-25)30(35)38-20-22-8-4-2-5-9-22)29(34)33-16-14-24(19-33)23-10-6-3-7-11-23/h2-11,24-28H,12-21H2,1H3. The Morgan fingerprint density at radius 1 is 0.949 bits per heavy atom. The molecule has 5 atom stereocenters. The van der Waals surface area contributed by atoms with Crippen LogP contribution >= 0.6 is 0 Å². The smallest absolute Gasteiger partial charge is 0.410 e. The molecule has 0 N–H and O–H groups in total. The van der Waals surface area contributed by atoms with Crippen molar-refractivity contribution in [1.82, 2.24) is 9.80 Å². The molecule has 5 rings (SSSR count). The second kappa shape index (κ2) is 12.6. The van der Waals surface area contributed by atoms with Gasteiger partial charge in [0.1, 0.15) is 12.7 Å². The first-order valence-corrected chi connectivity index (χ1v) is 14.0. The van der Waals surface area contributed by atoms with Gasteiger partial charge in [0.25, 0.3) is 0 Å². The molecule has 2 aromatic carbocycles. The summed E-state index contributed by atoms with van der Waals surface area (Å²) in [6.45, 7) is 2.49. The van der Waals surface area contributed by atoms with Crippen LogP contribution in [0.2, 0.25) is 0 Å². The van der Waals surface area contributed by atoms with Crippen molar-refractivity contribution >= 4 is 18.0 Å². The lowest BCUT2D eigenvalue weighted by Gasteiger charge is -2.39. The fourth-order valence-electron chi connectivity index (χ4n) is 6.06. The van der Waals surface area contributed by atoms with E-state index in [2.05, 4.69) is 12.1 Å². The molecule has 2 aliphatic heterocycles. The number of nitrogens with zero attached hydrogens (tertiary/aromatic N) is 2. The van der Waals surface area contributed by atoms with Crippen LogP contribution in [-0.2, 0) is 30.4 Å². The molecule has 0 spiro atoms. The van der Waals surface area contributed by atoms with Crippen molar-refractivity contribution in [3.8, 4) is 0 Å². The number of carbonyl (C=O) groups is 3. The molecule has 8 nitrogen and oxygen atoms in total. The van der Waals surface area contributed by atoms with E-state index in [1.165, 1.54) is 5.56 Å². The van der Waals surface area contributed by atoms with Crippen molar-refractivity contribution in [1.29, 1.82) is 0 Å². The summed E-state index contributed by atoms with van der Waals surface area (Å²) < 4.78 is 16.7. The SMILES string of the molecule is CN(C(=O)OC1CCOC1)C1CCC(C(=O)N2CCC(c3ccccc3)C2)C(C(=O)OCc2ccccc2)C1. The molecule has 0 bridgehead atoms. The van der Waals surface area contributed by atoms with Gasteiger partial charge in [0.2, 0.25) is 5.91 Å². The molecule has 208 valence electrons. The van der Waals surface area contributed by atoms with E-state index in [1.807, 2.05) is 53.4 Å². The van der Waals surface area contributed by atoms with Crippen molar-refractivity contribution in [2.24, 2.45) is 11.8 Å². The Hall–Kier alpha value is -3.39. The highest BCUT2D eigenvalue weighted by molar-refractivity contribution is 5.86. The van der Waals surface area contributed by atoms with Crippen LogP contribution in [0.15, 0.2) is 60.7 Å². The molecule has 2 aromatic rings. The summed E-state index contributed by atoms with van der Waals surface area (Å²) in [5.41, 5.74) is 2.13. The van der Waals surface area contributed by atoms with Gasteiger partial charge in [0.05, 0.1) is 25.0 Å². The van der Waals surface area contributed by atoms with E-state index in [0.717, 1.165) is 12.0 Å². The fraction of sp³-hybridized carbons (Fsp3) is 0.516. The lowest BCUT2D eigenvalue weighted by atomic mass is 9.75. The normalized spacial score (nSPS) is 26.7. The molecule has 2 heterocycles. The number of amides is 2. The Labute approximate surface area is 230 Å². The molecule has 5 unspecified atom stereocenters. The van der Waals surface area contributed by atoms with Crippen molar-refractivity contribution < 1.29 is 28.6 Å². The zero-order valence-electron chi connectivity index (χ0n) is 22.6. The molecule has 3 fully saturated rings. The Balaban J connectivity index is 1.26. The average molecular weight is 535 g/mol. The van der Waals surface area contributed by atoms with Crippen molar-refractivity contribution in [3.05, 3.63) is 71.8 Å². The minimum atomic E-state index is -0.624. The quantitative estimate of drug-likeness (QED) is 0.490. The van der Waals surface area contributed by atoms with Gasteiger partial charge in [-0.25, -0.2) is 4.79 Å². The molecule has 2 saturated heterocycles. The van der Waals surface area contributed by atoms with Gasteiger partial charge in [-0.2, -0.15) is 0 Å². The number of carbonyl (C=O) groups excluding carboxylic acids is 3. The third-order valence-electron chi connectivity index (χ3n) is 8.43.